The van der Waals surface area contributed by atoms with E-state index in [2.05, 4.69) is 22.2 Å². The van der Waals surface area contributed by atoms with Gasteiger partial charge in [-0.1, -0.05) is 12.8 Å². The standard InChI is InChI=1S/C20H27N5/c1-25(16-7-2-3-8-16)13-12-22-20-17-9-4-10-18(17)23-19(24-20)15-6-5-11-21-14-15/h5-6,11,14,16H,2-4,7-10,12-13H2,1H3,(H,22,23,24). The van der Waals surface area contributed by atoms with Crippen molar-refractivity contribution in [2.45, 2.75) is 51.0 Å². The Morgan fingerprint density at radius 2 is 2.04 bits per heavy atom. The van der Waals surface area contributed by atoms with Gasteiger partial charge in [0.05, 0.1) is 0 Å². The summed E-state index contributed by atoms with van der Waals surface area (Å²) in [6.07, 6.45) is 12.4. The Morgan fingerprint density at radius 3 is 2.84 bits per heavy atom. The van der Waals surface area contributed by atoms with Crippen LogP contribution in [0.5, 0.6) is 0 Å². The zero-order chi connectivity index (χ0) is 17.1. The van der Waals surface area contributed by atoms with E-state index in [0.29, 0.717) is 0 Å². The van der Waals surface area contributed by atoms with E-state index in [4.69, 9.17) is 9.97 Å². The molecule has 5 nitrogen and oxygen atoms in total. The van der Waals surface area contributed by atoms with E-state index in [1.807, 2.05) is 18.3 Å². The van der Waals surface area contributed by atoms with E-state index in [0.717, 1.165) is 49.2 Å². The van der Waals surface area contributed by atoms with Crippen molar-refractivity contribution in [1.29, 1.82) is 0 Å². The Kier molecular flexibility index (Phi) is 4.92. The van der Waals surface area contributed by atoms with Crippen LogP contribution in [-0.2, 0) is 12.8 Å². The Balaban J connectivity index is 1.48. The average molecular weight is 337 g/mol. The van der Waals surface area contributed by atoms with Gasteiger partial charge in [-0.3, -0.25) is 4.98 Å². The van der Waals surface area contributed by atoms with Gasteiger partial charge in [-0.05, 0) is 51.3 Å². The molecule has 2 aromatic heterocycles. The minimum absolute atomic E-state index is 0.767. The summed E-state index contributed by atoms with van der Waals surface area (Å²) in [6, 6.07) is 4.74. The van der Waals surface area contributed by atoms with Crippen molar-refractivity contribution in [3.8, 4) is 11.4 Å². The van der Waals surface area contributed by atoms with Gasteiger partial charge < -0.3 is 10.2 Å². The number of aryl methyl sites for hydroxylation is 1. The maximum Gasteiger partial charge on any atom is 0.163 e. The van der Waals surface area contributed by atoms with Gasteiger partial charge in [0.2, 0.25) is 0 Å². The molecule has 0 saturated heterocycles. The third-order valence-electron chi connectivity index (χ3n) is 5.56. The monoisotopic (exact) mass is 337 g/mol. The van der Waals surface area contributed by atoms with Crippen LogP contribution in [0.1, 0.15) is 43.4 Å². The molecule has 2 aliphatic carbocycles. The van der Waals surface area contributed by atoms with Gasteiger partial charge in [0.25, 0.3) is 0 Å². The molecular formula is C20H27N5. The van der Waals surface area contributed by atoms with Gasteiger partial charge >= 0.3 is 0 Å². The molecule has 0 spiro atoms. The number of anilines is 1. The van der Waals surface area contributed by atoms with Gasteiger partial charge in [0, 0.05) is 48.3 Å². The van der Waals surface area contributed by atoms with Gasteiger partial charge in [-0.15, -0.1) is 0 Å². The summed E-state index contributed by atoms with van der Waals surface area (Å²) in [5.41, 5.74) is 3.51. The fourth-order valence-electron chi connectivity index (χ4n) is 4.08. The smallest absolute Gasteiger partial charge is 0.163 e. The molecule has 0 bridgehead atoms. The highest BCUT2D eigenvalue weighted by molar-refractivity contribution is 5.59. The van der Waals surface area contributed by atoms with Crippen molar-refractivity contribution < 1.29 is 0 Å². The number of fused-ring (bicyclic) bond motifs is 1. The van der Waals surface area contributed by atoms with Gasteiger partial charge in [0.1, 0.15) is 5.82 Å². The first-order valence-electron chi connectivity index (χ1n) is 9.55. The van der Waals surface area contributed by atoms with Crippen molar-refractivity contribution in [1.82, 2.24) is 19.9 Å². The number of pyridine rings is 1. The lowest BCUT2D eigenvalue weighted by molar-refractivity contribution is 0.254. The fraction of sp³-hybridized carbons (Fsp3) is 0.550. The van der Waals surface area contributed by atoms with E-state index in [9.17, 15) is 0 Å². The van der Waals surface area contributed by atoms with Crippen LogP contribution in [-0.4, -0.2) is 46.0 Å². The van der Waals surface area contributed by atoms with Crippen LogP contribution >= 0.6 is 0 Å². The maximum atomic E-state index is 4.83. The van der Waals surface area contributed by atoms with Gasteiger partial charge in [-0.25, -0.2) is 9.97 Å². The molecule has 1 saturated carbocycles. The molecule has 1 N–H and O–H groups in total. The van der Waals surface area contributed by atoms with Crippen molar-refractivity contribution in [3.63, 3.8) is 0 Å². The molecule has 2 heterocycles. The second-order valence-electron chi connectivity index (χ2n) is 7.26. The highest BCUT2D eigenvalue weighted by atomic mass is 15.2. The Labute approximate surface area is 149 Å². The summed E-state index contributed by atoms with van der Waals surface area (Å²) in [6.45, 7) is 1.99. The highest BCUT2D eigenvalue weighted by Crippen LogP contribution is 2.29. The first-order chi connectivity index (χ1) is 12.3. The first-order valence-corrected chi connectivity index (χ1v) is 9.55. The van der Waals surface area contributed by atoms with E-state index in [1.54, 1.807) is 6.20 Å². The molecular weight excluding hydrogens is 310 g/mol. The summed E-state index contributed by atoms with van der Waals surface area (Å²) in [4.78, 5) is 16.3. The van der Waals surface area contributed by atoms with Crippen LogP contribution in [0.4, 0.5) is 5.82 Å². The van der Waals surface area contributed by atoms with E-state index in [1.165, 1.54) is 43.4 Å². The molecule has 2 aromatic rings. The van der Waals surface area contributed by atoms with E-state index >= 15 is 0 Å². The van der Waals surface area contributed by atoms with E-state index in [-0.39, 0.29) is 0 Å². The molecule has 0 atom stereocenters. The van der Waals surface area contributed by atoms with Crippen LogP contribution < -0.4 is 5.32 Å². The van der Waals surface area contributed by atoms with Crippen molar-refractivity contribution >= 4 is 5.82 Å². The molecule has 2 aliphatic rings. The van der Waals surface area contributed by atoms with Crippen LogP contribution in [0.25, 0.3) is 11.4 Å². The summed E-state index contributed by atoms with van der Waals surface area (Å²) in [5.74, 6) is 1.82. The fourth-order valence-corrected chi connectivity index (χ4v) is 4.08. The Morgan fingerprint density at radius 1 is 1.16 bits per heavy atom. The molecule has 0 radical (unpaired) electrons. The second kappa shape index (κ2) is 7.48. The SMILES string of the molecule is CN(CCNc1nc(-c2cccnc2)nc2c1CCC2)C1CCCC1. The van der Waals surface area contributed by atoms with Crippen molar-refractivity contribution in [3.05, 3.63) is 35.8 Å². The van der Waals surface area contributed by atoms with Crippen LogP contribution in [0.2, 0.25) is 0 Å². The second-order valence-corrected chi connectivity index (χ2v) is 7.26. The molecule has 0 aliphatic heterocycles. The summed E-state index contributed by atoms with van der Waals surface area (Å²) >= 11 is 0. The number of aromatic nitrogens is 3. The zero-order valence-electron chi connectivity index (χ0n) is 15.0. The lowest BCUT2D eigenvalue weighted by Gasteiger charge is -2.24. The van der Waals surface area contributed by atoms with Gasteiger partial charge in [0.15, 0.2) is 5.82 Å². The summed E-state index contributed by atoms with van der Waals surface area (Å²) in [7, 11) is 2.25. The predicted molar refractivity (Wildman–Crippen MR) is 101 cm³/mol. The predicted octanol–water partition coefficient (Wildman–Crippen LogP) is 3.31. The average Bonchev–Trinajstić information content (AvgIpc) is 3.34. The summed E-state index contributed by atoms with van der Waals surface area (Å²) in [5, 5.41) is 3.60. The molecule has 0 amide bonds. The van der Waals surface area contributed by atoms with Crippen molar-refractivity contribution in [2.24, 2.45) is 0 Å². The van der Waals surface area contributed by atoms with Crippen LogP contribution in [0.3, 0.4) is 0 Å². The molecule has 1 fully saturated rings. The molecule has 132 valence electrons. The number of likely N-dealkylation sites (N-methyl/N-ethyl adjacent to an activating group) is 1. The number of nitrogens with one attached hydrogen (secondary N) is 1. The molecule has 4 rings (SSSR count). The Hall–Kier alpha value is -2.01. The third kappa shape index (κ3) is 3.66. The van der Waals surface area contributed by atoms with Gasteiger partial charge in [-0.2, -0.15) is 0 Å². The number of hydrogen-bond donors (Lipinski definition) is 1. The van der Waals surface area contributed by atoms with Crippen molar-refractivity contribution in [2.75, 3.05) is 25.5 Å². The topological polar surface area (TPSA) is 53.9 Å². The first kappa shape index (κ1) is 16.5. The van der Waals surface area contributed by atoms with Crippen LogP contribution in [0.15, 0.2) is 24.5 Å². The highest BCUT2D eigenvalue weighted by Gasteiger charge is 2.21. The maximum absolute atomic E-state index is 4.83. The molecule has 0 unspecified atom stereocenters. The van der Waals surface area contributed by atoms with E-state index < -0.39 is 0 Å². The lowest BCUT2D eigenvalue weighted by atomic mass is 10.2. The number of nitrogens with zero attached hydrogens (tertiary/aromatic N) is 4. The number of rotatable bonds is 6. The zero-order valence-corrected chi connectivity index (χ0v) is 15.0. The Bertz CT molecular complexity index is 710. The molecule has 0 aromatic carbocycles. The third-order valence-corrected chi connectivity index (χ3v) is 5.56. The van der Waals surface area contributed by atoms with Crippen LogP contribution in [0, 0.1) is 0 Å². The largest absolute Gasteiger partial charge is 0.368 e. The summed E-state index contributed by atoms with van der Waals surface area (Å²) < 4.78 is 0. The number of hydrogen-bond acceptors (Lipinski definition) is 5. The molecule has 5 heteroatoms. The normalized spacial score (nSPS) is 17.2. The quantitative estimate of drug-likeness (QED) is 0.876. The minimum Gasteiger partial charge on any atom is -0.368 e. The molecule has 25 heavy (non-hydrogen) atoms. The lowest BCUT2D eigenvalue weighted by Crippen LogP contribution is -2.33. The minimum atomic E-state index is 0.767.